The summed E-state index contributed by atoms with van der Waals surface area (Å²) in [6, 6.07) is -0.542. The lowest BCUT2D eigenvalue weighted by atomic mass is 9.97. The largest absolute Gasteiger partial charge is 0.481 e. The van der Waals surface area contributed by atoms with Crippen molar-refractivity contribution in [3.63, 3.8) is 0 Å². The van der Waals surface area contributed by atoms with Crippen LogP contribution < -0.4 is 5.32 Å². The summed E-state index contributed by atoms with van der Waals surface area (Å²) in [5.74, 6) is -2.30. The topological polar surface area (TPSA) is 66.4 Å². The minimum Gasteiger partial charge on any atom is -0.481 e. The molecule has 0 aliphatic rings. The summed E-state index contributed by atoms with van der Waals surface area (Å²) in [6.45, 7) is 5.25. The summed E-state index contributed by atoms with van der Waals surface area (Å²) in [5, 5.41) is 11.3. The van der Waals surface area contributed by atoms with Gasteiger partial charge < -0.3 is 10.4 Å². The average Bonchev–Trinajstić information content (AvgIpc) is 2.21. The second kappa shape index (κ2) is 7.09. The van der Waals surface area contributed by atoms with E-state index >= 15 is 0 Å². The number of carboxylic acid groups (broad SMARTS) is 1. The maximum Gasteiger partial charge on any atom is 0.306 e. The van der Waals surface area contributed by atoms with E-state index in [1.165, 1.54) is 6.08 Å². The van der Waals surface area contributed by atoms with E-state index in [0.29, 0.717) is 6.42 Å². The Morgan fingerprint density at radius 3 is 2.29 bits per heavy atom. The molecule has 17 heavy (non-hydrogen) atoms. The Labute approximate surface area is 115 Å². The van der Waals surface area contributed by atoms with Crippen molar-refractivity contribution >= 4 is 46.7 Å². The number of nitrogens with one attached hydrogen (secondary N) is 1. The first-order valence-electron chi connectivity index (χ1n) is 4.95. The van der Waals surface area contributed by atoms with Crippen LogP contribution in [0.15, 0.2) is 12.7 Å². The fraction of sp³-hybridized carbons (Fsp3) is 0.600. The van der Waals surface area contributed by atoms with Gasteiger partial charge in [0.1, 0.15) is 0 Å². The first-order chi connectivity index (χ1) is 7.72. The molecule has 0 rings (SSSR count). The molecule has 0 saturated heterocycles. The Hall–Kier alpha value is -0.450. The molecule has 0 spiro atoms. The van der Waals surface area contributed by atoms with Crippen molar-refractivity contribution in [3.8, 4) is 0 Å². The summed E-state index contributed by atoms with van der Waals surface area (Å²) >= 11 is 16.2. The van der Waals surface area contributed by atoms with Crippen molar-refractivity contribution in [1.29, 1.82) is 0 Å². The van der Waals surface area contributed by atoms with E-state index in [4.69, 9.17) is 39.9 Å². The molecule has 0 fully saturated rings. The molecular formula is C10H14Cl3NO3. The highest BCUT2D eigenvalue weighted by molar-refractivity contribution is 6.76. The molecule has 0 saturated carbocycles. The molecule has 0 radical (unpaired) electrons. The van der Waals surface area contributed by atoms with Crippen molar-refractivity contribution in [2.75, 3.05) is 0 Å². The Balaban J connectivity index is 4.50. The molecule has 98 valence electrons. The number of rotatable bonds is 6. The van der Waals surface area contributed by atoms with E-state index in [1.54, 1.807) is 6.92 Å². The zero-order valence-electron chi connectivity index (χ0n) is 9.25. The third-order valence-corrected chi connectivity index (χ3v) is 2.75. The van der Waals surface area contributed by atoms with Crippen LogP contribution in [0, 0.1) is 5.92 Å². The molecule has 2 atom stereocenters. The SMILES string of the molecule is C=CC(CC(CC)C(=O)O)NC(=O)C(Cl)(Cl)Cl. The Bertz CT molecular complexity index is 302. The van der Waals surface area contributed by atoms with Crippen molar-refractivity contribution in [3.05, 3.63) is 12.7 Å². The minimum absolute atomic E-state index is 0.210. The zero-order chi connectivity index (χ0) is 13.6. The molecule has 0 heterocycles. The number of hydrogen-bond donors (Lipinski definition) is 2. The maximum absolute atomic E-state index is 11.4. The number of hydrogen-bond acceptors (Lipinski definition) is 2. The van der Waals surface area contributed by atoms with Gasteiger partial charge in [0, 0.05) is 6.04 Å². The molecular weight excluding hydrogens is 288 g/mol. The minimum atomic E-state index is -2.06. The molecule has 1 amide bonds. The van der Waals surface area contributed by atoms with Gasteiger partial charge in [0.25, 0.3) is 9.70 Å². The fourth-order valence-electron chi connectivity index (χ4n) is 1.21. The number of aliphatic carboxylic acids is 1. The van der Waals surface area contributed by atoms with E-state index in [9.17, 15) is 9.59 Å². The van der Waals surface area contributed by atoms with Gasteiger partial charge in [-0.15, -0.1) is 6.58 Å². The van der Waals surface area contributed by atoms with Crippen LogP contribution in [0.1, 0.15) is 19.8 Å². The molecule has 0 bridgehead atoms. The molecule has 7 heteroatoms. The smallest absolute Gasteiger partial charge is 0.306 e. The van der Waals surface area contributed by atoms with Crippen molar-refractivity contribution in [2.45, 2.75) is 29.6 Å². The van der Waals surface area contributed by atoms with E-state index in [2.05, 4.69) is 11.9 Å². The Morgan fingerprint density at radius 1 is 1.47 bits per heavy atom. The summed E-state index contributed by atoms with van der Waals surface area (Å²) in [5.41, 5.74) is 0. The van der Waals surface area contributed by atoms with Gasteiger partial charge in [-0.05, 0) is 12.8 Å². The number of carbonyl (C=O) groups excluding carboxylic acids is 1. The van der Waals surface area contributed by atoms with Crippen LogP contribution in [0.2, 0.25) is 0 Å². The lowest BCUT2D eigenvalue weighted by Gasteiger charge is -2.20. The summed E-state index contributed by atoms with van der Waals surface area (Å²) in [4.78, 5) is 22.2. The second-order valence-corrected chi connectivity index (χ2v) is 5.77. The standard InChI is InChI=1S/C10H14Cl3NO3/c1-3-6(8(15)16)5-7(4-2)14-9(17)10(11,12)13/h4,6-7H,2-3,5H2,1H3,(H,14,17)(H,15,16). The zero-order valence-corrected chi connectivity index (χ0v) is 11.5. The van der Waals surface area contributed by atoms with Crippen LogP contribution in [-0.4, -0.2) is 26.8 Å². The normalized spacial score (nSPS) is 14.8. The predicted molar refractivity (Wildman–Crippen MR) is 68.5 cm³/mol. The quantitative estimate of drug-likeness (QED) is 0.585. The van der Waals surface area contributed by atoms with Crippen LogP contribution in [0.5, 0.6) is 0 Å². The number of amides is 1. The number of carbonyl (C=O) groups is 2. The van der Waals surface area contributed by atoms with Gasteiger partial charge in [0.2, 0.25) is 0 Å². The molecule has 0 aliphatic carbocycles. The van der Waals surface area contributed by atoms with E-state index in [0.717, 1.165) is 0 Å². The highest BCUT2D eigenvalue weighted by Gasteiger charge is 2.32. The van der Waals surface area contributed by atoms with Gasteiger partial charge in [-0.1, -0.05) is 47.8 Å². The molecule has 0 aromatic rings. The fourth-order valence-corrected chi connectivity index (χ4v) is 1.38. The van der Waals surface area contributed by atoms with E-state index < -0.39 is 27.6 Å². The number of alkyl halides is 3. The van der Waals surface area contributed by atoms with Crippen molar-refractivity contribution in [1.82, 2.24) is 5.32 Å². The van der Waals surface area contributed by atoms with Crippen LogP contribution in [0.3, 0.4) is 0 Å². The van der Waals surface area contributed by atoms with Crippen LogP contribution in [-0.2, 0) is 9.59 Å². The molecule has 0 aromatic heterocycles. The van der Waals surface area contributed by atoms with Gasteiger partial charge in [-0.2, -0.15) is 0 Å². The average molecular weight is 303 g/mol. The summed E-state index contributed by atoms with van der Waals surface area (Å²) < 4.78 is -2.06. The van der Waals surface area contributed by atoms with Crippen LogP contribution in [0.4, 0.5) is 0 Å². The summed E-state index contributed by atoms with van der Waals surface area (Å²) in [7, 11) is 0. The highest BCUT2D eigenvalue weighted by Crippen LogP contribution is 2.26. The number of carboxylic acids is 1. The van der Waals surface area contributed by atoms with Gasteiger partial charge in [-0.25, -0.2) is 0 Å². The van der Waals surface area contributed by atoms with Gasteiger partial charge in [-0.3, -0.25) is 9.59 Å². The van der Waals surface area contributed by atoms with E-state index in [-0.39, 0.29) is 6.42 Å². The Morgan fingerprint density at radius 2 is 2.00 bits per heavy atom. The first kappa shape index (κ1) is 16.6. The molecule has 2 unspecified atom stereocenters. The second-order valence-electron chi connectivity index (χ2n) is 3.49. The third kappa shape index (κ3) is 6.15. The lowest BCUT2D eigenvalue weighted by Crippen LogP contribution is -2.42. The molecule has 4 nitrogen and oxygen atoms in total. The van der Waals surface area contributed by atoms with Crippen molar-refractivity contribution in [2.24, 2.45) is 5.92 Å². The monoisotopic (exact) mass is 301 g/mol. The lowest BCUT2D eigenvalue weighted by molar-refractivity contribution is -0.142. The molecule has 2 N–H and O–H groups in total. The van der Waals surface area contributed by atoms with Crippen LogP contribution >= 0.6 is 34.8 Å². The van der Waals surface area contributed by atoms with Gasteiger partial charge in [0.15, 0.2) is 0 Å². The van der Waals surface area contributed by atoms with Gasteiger partial charge in [0.05, 0.1) is 5.92 Å². The number of halogens is 3. The van der Waals surface area contributed by atoms with Crippen LogP contribution in [0.25, 0.3) is 0 Å². The highest BCUT2D eigenvalue weighted by atomic mass is 35.6. The molecule has 0 aromatic carbocycles. The van der Waals surface area contributed by atoms with Crippen molar-refractivity contribution < 1.29 is 14.7 Å². The summed E-state index contributed by atoms with van der Waals surface area (Å²) in [6.07, 6.45) is 2.07. The predicted octanol–water partition coefficient (Wildman–Crippen LogP) is 2.53. The third-order valence-electron chi connectivity index (χ3n) is 2.24. The van der Waals surface area contributed by atoms with Gasteiger partial charge >= 0.3 is 5.97 Å². The van der Waals surface area contributed by atoms with E-state index in [1.807, 2.05) is 0 Å². The Kier molecular flexibility index (Phi) is 6.90. The first-order valence-corrected chi connectivity index (χ1v) is 6.08. The maximum atomic E-state index is 11.4. The molecule has 0 aliphatic heterocycles.